The van der Waals surface area contributed by atoms with Crippen molar-refractivity contribution in [3.05, 3.63) is 26.7 Å². The van der Waals surface area contributed by atoms with E-state index in [2.05, 4.69) is 9.97 Å². The summed E-state index contributed by atoms with van der Waals surface area (Å²) in [4.78, 5) is 46.7. The van der Waals surface area contributed by atoms with E-state index in [1.165, 1.54) is 11.8 Å². The number of rotatable bonds is 8. The third-order valence-electron chi connectivity index (χ3n) is 3.49. The molecule has 9 heteroatoms. The summed E-state index contributed by atoms with van der Waals surface area (Å²) in [5.74, 6) is -0.274. The highest BCUT2D eigenvalue weighted by atomic mass is 16.7. The first-order valence-electron chi connectivity index (χ1n) is 7.51. The van der Waals surface area contributed by atoms with Crippen LogP contribution in [0.4, 0.5) is 0 Å². The van der Waals surface area contributed by atoms with Gasteiger partial charge in [0.15, 0.2) is 11.2 Å². The molecule has 2 aromatic rings. The average Bonchev–Trinajstić information content (AvgIpc) is 2.82. The van der Waals surface area contributed by atoms with E-state index in [1.807, 2.05) is 0 Å². The van der Waals surface area contributed by atoms with Crippen LogP contribution in [0.25, 0.3) is 11.2 Å². The highest BCUT2D eigenvalue weighted by Gasteiger charge is 2.17. The van der Waals surface area contributed by atoms with Crippen LogP contribution in [0, 0.1) is 0 Å². The predicted octanol–water partition coefficient (Wildman–Crippen LogP) is 0.0593. The molecule has 0 bridgehead atoms. The molecule has 0 aliphatic heterocycles. The van der Waals surface area contributed by atoms with Gasteiger partial charge in [0, 0.05) is 19.9 Å². The van der Waals surface area contributed by atoms with E-state index in [1.54, 1.807) is 6.92 Å². The molecule has 0 radical (unpaired) electrons. The van der Waals surface area contributed by atoms with E-state index in [4.69, 9.17) is 9.94 Å². The number of fused-ring (bicyclic) bond motifs is 1. The number of aromatic amines is 1. The summed E-state index contributed by atoms with van der Waals surface area (Å²) in [6.07, 6.45) is 2.70. The Balaban J connectivity index is 2.27. The van der Waals surface area contributed by atoms with Gasteiger partial charge in [-0.05, 0) is 19.8 Å². The Morgan fingerprint density at radius 1 is 1.30 bits per heavy atom. The molecule has 2 aromatic heterocycles. The molecule has 0 saturated carbocycles. The fraction of sp³-hybridized carbons (Fsp3) is 0.571. The van der Waals surface area contributed by atoms with Crippen molar-refractivity contribution in [2.75, 3.05) is 6.61 Å². The van der Waals surface area contributed by atoms with Crippen molar-refractivity contribution in [1.29, 1.82) is 0 Å². The molecule has 0 saturated heterocycles. The normalized spacial score (nSPS) is 11.0. The van der Waals surface area contributed by atoms with Gasteiger partial charge < -0.3 is 9.94 Å². The molecule has 0 aliphatic rings. The number of nitrogens with zero attached hydrogens (tertiary/aromatic N) is 3. The number of aliphatic carboxylic acids is 1. The number of imidazole rings is 1. The van der Waals surface area contributed by atoms with Gasteiger partial charge >= 0.3 is 11.7 Å². The number of H-pyrrole nitrogens is 1. The average molecular weight is 324 g/mol. The third kappa shape index (κ3) is 3.61. The Bertz CT molecular complexity index is 817. The molecule has 0 aliphatic carbocycles. The second-order valence-electron chi connectivity index (χ2n) is 5.19. The van der Waals surface area contributed by atoms with E-state index in [9.17, 15) is 14.4 Å². The molecule has 0 fully saturated rings. The first-order chi connectivity index (χ1) is 11.0. The van der Waals surface area contributed by atoms with E-state index in [-0.39, 0.29) is 17.6 Å². The maximum Gasteiger partial charge on any atom is 0.329 e. The molecular weight excluding hydrogens is 304 g/mol. The van der Waals surface area contributed by atoms with Gasteiger partial charge in [-0.2, -0.15) is 4.73 Å². The molecule has 126 valence electrons. The smallest absolute Gasteiger partial charge is 0.329 e. The largest absolute Gasteiger partial charge is 0.481 e. The highest BCUT2D eigenvalue weighted by molar-refractivity contribution is 5.69. The number of carboxylic acid groups (broad SMARTS) is 1. The number of hydrogen-bond acceptors (Lipinski definition) is 5. The minimum Gasteiger partial charge on any atom is -0.481 e. The van der Waals surface area contributed by atoms with Crippen LogP contribution in [0.15, 0.2) is 9.59 Å². The molecule has 0 amide bonds. The van der Waals surface area contributed by atoms with Crippen LogP contribution in [0.3, 0.4) is 0 Å². The summed E-state index contributed by atoms with van der Waals surface area (Å²) >= 11 is 0. The van der Waals surface area contributed by atoms with Gasteiger partial charge in [0.05, 0.1) is 0 Å². The van der Waals surface area contributed by atoms with Crippen molar-refractivity contribution >= 4 is 17.1 Å². The van der Waals surface area contributed by atoms with Gasteiger partial charge in [0.25, 0.3) is 5.56 Å². The van der Waals surface area contributed by atoms with Crippen molar-refractivity contribution in [2.45, 2.75) is 39.0 Å². The Morgan fingerprint density at radius 2 is 2.04 bits per heavy atom. The second kappa shape index (κ2) is 7.12. The zero-order valence-corrected chi connectivity index (χ0v) is 13.2. The van der Waals surface area contributed by atoms with Gasteiger partial charge in [-0.15, -0.1) is 0 Å². The van der Waals surface area contributed by atoms with Gasteiger partial charge in [-0.25, -0.2) is 9.78 Å². The van der Waals surface area contributed by atoms with Crippen LogP contribution in [-0.2, 0) is 18.3 Å². The summed E-state index contributed by atoms with van der Waals surface area (Å²) in [6, 6.07) is 0. The standard InChI is InChI=1S/C14H20N4O5/c1-3-23-18-9(7-5-4-6-8-10(19)20)15-12-11(18)13(21)17(2)14(22)16-12/h3-8H2,1-2H3,(H,16,22)(H,19,20). The molecule has 9 nitrogen and oxygen atoms in total. The van der Waals surface area contributed by atoms with E-state index in [0.717, 1.165) is 11.0 Å². The van der Waals surface area contributed by atoms with Crippen molar-refractivity contribution in [1.82, 2.24) is 19.3 Å². The second-order valence-corrected chi connectivity index (χ2v) is 5.19. The molecule has 0 atom stereocenters. The number of aryl methyl sites for hydroxylation is 1. The van der Waals surface area contributed by atoms with Crippen molar-refractivity contribution in [3.8, 4) is 0 Å². The number of unbranched alkanes of at least 4 members (excludes halogenated alkanes) is 2. The molecule has 23 heavy (non-hydrogen) atoms. The quantitative estimate of drug-likeness (QED) is 0.663. The number of carbonyl (C=O) groups is 1. The van der Waals surface area contributed by atoms with E-state index < -0.39 is 17.2 Å². The highest BCUT2D eigenvalue weighted by Crippen LogP contribution is 2.12. The SMILES string of the molecule is CCOn1c(CCCCCC(=O)O)nc2[nH]c(=O)n(C)c(=O)c21. The lowest BCUT2D eigenvalue weighted by molar-refractivity contribution is -0.137. The minimum absolute atomic E-state index is 0.135. The minimum atomic E-state index is -0.812. The summed E-state index contributed by atoms with van der Waals surface area (Å²) in [5.41, 5.74) is -0.597. The zero-order chi connectivity index (χ0) is 17.0. The lowest BCUT2D eigenvalue weighted by Crippen LogP contribution is -2.34. The van der Waals surface area contributed by atoms with Crippen LogP contribution in [-0.4, -0.2) is 36.9 Å². The molecular formula is C14H20N4O5. The van der Waals surface area contributed by atoms with Gasteiger partial charge in [-0.3, -0.25) is 19.1 Å². The fourth-order valence-electron chi connectivity index (χ4n) is 2.33. The van der Waals surface area contributed by atoms with Gasteiger partial charge in [-0.1, -0.05) is 6.42 Å². The molecule has 0 aromatic carbocycles. The van der Waals surface area contributed by atoms with E-state index in [0.29, 0.717) is 31.7 Å². The molecule has 0 spiro atoms. The number of nitrogens with one attached hydrogen (secondary N) is 1. The van der Waals surface area contributed by atoms with Crippen molar-refractivity contribution < 1.29 is 14.7 Å². The Labute approximate surface area is 131 Å². The monoisotopic (exact) mass is 324 g/mol. The topological polar surface area (TPSA) is 119 Å². The number of aromatic nitrogens is 4. The van der Waals surface area contributed by atoms with Crippen LogP contribution >= 0.6 is 0 Å². The van der Waals surface area contributed by atoms with Crippen LogP contribution < -0.4 is 16.1 Å². The van der Waals surface area contributed by atoms with Crippen LogP contribution in [0.5, 0.6) is 0 Å². The molecule has 2 rings (SSSR count). The predicted molar refractivity (Wildman–Crippen MR) is 82.5 cm³/mol. The maximum absolute atomic E-state index is 12.2. The lowest BCUT2D eigenvalue weighted by Gasteiger charge is -2.08. The first-order valence-corrected chi connectivity index (χ1v) is 7.51. The number of carboxylic acids is 1. The Kier molecular flexibility index (Phi) is 5.20. The third-order valence-corrected chi connectivity index (χ3v) is 3.49. The summed E-state index contributed by atoms with van der Waals surface area (Å²) < 4.78 is 2.33. The fourth-order valence-corrected chi connectivity index (χ4v) is 2.33. The summed E-state index contributed by atoms with van der Waals surface area (Å²) in [5, 5.41) is 8.61. The van der Waals surface area contributed by atoms with Crippen LogP contribution in [0.1, 0.15) is 38.4 Å². The van der Waals surface area contributed by atoms with Gasteiger partial charge in [0.1, 0.15) is 12.4 Å². The zero-order valence-electron chi connectivity index (χ0n) is 13.2. The first kappa shape index (κ1) is 16.8. The Hall–Kier alpha value is -2.58. The van der Waals surface area contributed by atoms with Crippen LogP contribution in [0.2, 0.25) is 0 Å². The number of hydrogen-bond donors (Lipinski definition) is 2. The van der Waals surface area contributed by atoms with E-state index >= 15 is 0 Å². The molecule has 0 unspecified atom stereocenters. The lowest BCUT2D eigenvalue weighted by atomic mass is 10.1. The van der Waals surface area contributed by atoms with Gasteiger partial charge in [0.2, 0.25) is 0 Å². The molecule has 2 heterocycles. The van der Waals surface area contributed by atoms with Crippen molar-refractivity contribution in [3.63, 3.8) is 0 Å². The van der Waals surface area contributed by atoms with Crippen molar-refractivity contribution in [2.24, 2.45) is 7.05 Å². The Morgan fingerprint density at radius 3 is 2.70 bits per heavy atom. The summed E-state index contributed by atoms with van der Waals surface area (Å²) in [6.45, 7) is 2.14. The maximum atomic E-state index is 12.2. The molecule has 2 N–H and O–H groups in total. The summed E-state index contributed by atoms with van der Waals surface area (Å²) in [7, 11) is 1.38.